The van der Waals surface area contributed by atoms with Gasteiger partial charge in [-0.2, -0.15) is 18.2 Å². The highest BCUT2D eigenvalue weighted by Gasteiger charge is 2.34. The lowest BCUT2D eigenvalue weighted by Crippen LogP contribution is -2.34. The number of nitrogens with zero attached hydrogens (tertiary/aromatic N) is 3. The number of rotatable bonds is 9. The molecule has 0 saturated carbocycles. The number of halogens is 3. The van der Waals surface area contributed by atoms with Gasteiger partial charge in [0.2, 0.25) is 21.9 Å². The first-order valence-corrected chi connectivity index (χ1v) is 13.9. The van der Waals surface area contributed by atoms with Crippen LogP contribution in [0.3, 0.4) is 0 Å². The van der Waals surface area contributed by atoms with E-state index in [-0.39, 0.29) is 52.8 Å². The lowest BCUT2D eigenvalue weighted by molar-refractivity contribution is -0.137. The number of anilines is 3. The fourth-order valence-corrected chi connectivity index (χ4v) is 4.34. The summed E-state index contributed by atoms with van der Waals surface area (Å²) in [4.78, 5) is 37.3. The third kappa shape index (κ3) is 7.73. The minimum Gasteiger partial charge on any atom is -0.349 e. The predicted molar refractivity (Wildman–Crippen MR) is 147 cm³/mol. The van der Waals surface area contributed by atoms with E-state index in [4.69, 9.17) is 0 Å². The van der Waals surface area contributed by atoms with Crippen molar-refractivity contribution >= 4 is 50.2 Å². The van der Waals surface area contributed by atoms with E-state index in [1.165, 1.54) is 37.4 Å². The van der Waals surface area contributed by atoms with Gasteiger partial charge in [0.1, 0.15) is 5.69 Å². The first-order chi connectivity index (χ1) is 19.3. The zero-order valence-corrected chi connectivity index (χ0v) is 22.5. The molecule has 0 bridgehead atoms. The summed E-state index contributed by atoms with van der Waals surface area (Å²) in [5.41, 5.74) is -0.607. The maximum absolute atomic E-state index is 13.9. The molecule has 41 heavy (non-hydrogen) atoms. The first-order valence-electron chi connectivity index (χ1n) is 12.0. The van der Waals surface area contributed by atoms with Crippen LogP contribution in [0.1, 0.15) is 23.0 Å². The summed E-state index contributed by atoms with van der Waals surface area (Å²) < 4.78 is 66.4. The number of sulfonamides is 1. The number of pyridine rings is 1. The third-order valence-electron chi connectivity index (χ3n) is 5.52. The summed E-state index contributed by atoms with van der Waals surface area (Å²) in [5, 5.41) is 8.36. The molecule has 0 radical (unpaired) electrons. The molecule has 0 spiro atoms. The second kappa shape index (κ2) is 11.9. The lowest BCUT2D eigenvalue weighted by Gasteiger charge is -2.16. The maximum atomic E-state index is 13.9. The molecule has 0 aliphatic rings. The van der Waals surface area contributed by atoms with Gasteiger partial charge in [0.15, 0.2) is 5.65 Å². The Labute approximate surface area is 232 Å². The van der Waals surface area contributed by atoms with Gasteiger partial charge in [-0.3, -0.25) is 9.59 Å². The van der Waals surface area contributed by atoms with Gasteiger partial charge < -0.3 is 16.0 Å². The van der Waals surface area contributed by atoms with Gasteiger partial charge >= 0.3 is 6.18 Å². The summed E-state index contributed by atoms with van der Waals surface area (Å²) in [5.74, 6) is -1.00. The van der Waals surface area contributed by atoms with E-state index in [1.807, 2.05) is 0 Å². The Hall–Kier alpha value is -4.63. The van der Waals surface area contributed by atoms with Crippen LogP contribution in [0.25, 0.3) is 22.2 Å². The Morgan fingerprint density at radius 1 is 0.927 bits per heavy atom. The van der Waals surface area contributed by atoms with Gasteiger partial charge in [-0.1, -0.05) is 24.3 Å². The number of carbonyl (C=O) groups is 2. The zero-order valence-electron chi connectivity index (χ0n) is 21.7. The molecule has 4 N–H and O–H groups in total. The Balaban J connectivity index is 1.74. The van der Waals surface area contributed by atoms with Crippen LogP contribution < -0.4 is 20.7 Å². The highest BCUT2D eigenvalue weighted by Crippen LogP contribution is 2.38. The van der Waals surface area contributed by atoms with Gasteiger partial charge in [-0.15, -0.1) is 0 Å². The minimum atomic E-state index is -4.71. The molecule has 0 unspecified atom stereocenters. The van der Waals surface area contributed by atoms with Crippen molar-refractivity contribution in [1.29, 1.82) is 0 Å². The Morgan fingerprint density at radius 3 is 2.37 bits per heavy atom. The number of carbonyl (C=O) groups excluding carboxylic acids is 2. The van der Waals surface area contributed by atoms with Crippen molar-refractivity contribution in [3.05, 3.63) is 72.1 Å². The average Bonchev–Trinajstić information content (AvgIpc) is 2.89. The number of alkyl halides is 3. The quantitative estimate of drug-likeness (QED) is 0.216. The topological polar surface area (TPSA) is 155 Å². The number of hydrogen-bond donors (Lipinski definition) is 4. The van der Waals surface area contributed by atoms with Crippen molar-refractivity contribution in [2.75, 3.05) is 30.0 Å². The molecule has 2 heterocycles. The fourth-order valence-electron chi connectivity index (χ4n) is 3.87. The minimum absolute atomic E-state index is 0.0215. The van der Waals surface area contributed by atoms with Gasteiger partial charge in [0.05, 0.1) is 11.8 Å². The second-order valence-corrected chi connectivity index (χ2v) is 10.7. The Kier molecular flexibility index (Phi) is 8.49. The number of nitrogens with one attached hydrogen (secondary N) is 4. The summed E-state index contributed by atoms with van der Waals surface area (Å²) in [6.07, 6.45) is -2.41. The predicted octanol–water partition coefficient (Wildman–Crippen LogP) is 3.69. The second-order valence-electron chi connectivity index (χ2n) is 8.84. The van der Waals surface area contributed by atoms with Crippen LogP contribution in [-0.4, -0.2) is 54.5 Å². The van der Waals surface area contributed by atoms with E-state index in [9.17, 15) is 31.2 Å². The molecule has 2 aromatic carbocycles. The molecule has 2 amide bonds. The average molecular weight is 588 g/mol. The van der Waals surface area contributed by atoms with Crippen LogP contribution in [-0.2, 0) is 21.0 Å². The van der Waals surface area contributed by atoms with Crippen molar-refractivity contribution in [2.24, 2.45) is 0 Å². The highest BCUT2D eigenvalue weighted by atomic mass is 32.2. The monoisotopic (exact) mass is 587 g/mol. The highest BCUT2D eigenvalue weighted by molar-refractivity contribution is 7.88. The maximum Gasteiger partial charge on any atom is 0.417 e. The molecule has 11 nitrogen and oxygen atoms in total. The summed E-state index contributed by atoms with van der Waals surface area (Å²) >= 11 is 0. The normalized spacial score (nSPS) is 11.7. The van der Waals surface area contributed by atoms with Gasteiger partial charge in [0, 0.05) is 48.5 Å². The number of amides is 2. The number of hydrogen-bond acceptors (Lipinski definition) is 8. The molecule has 0 aliphatic carbocycles. The zero-order chi connectivity index (χ0) is 29.8. The fraction of sp³-hybridized carbons (Fsp3) is 0.192. The molecule has 0 atom stereocenters. The van der Waals surface area contributed by atoms with Crippen LogP contribution in [0.15, 0.2) is 60.8 Å². The number of benzene rings is 2. The molecule has 0 fully saturated rings. The summed E-state index contributed by atoms with van der Waals surface area (Å²) in [6, 6.07) is 12.8. The van der Waals surface area contributed by atoms with E-state index >= 15 is 0 Å². The lowest BCUT2D eigenvalue weighted by atomic mass is 9.96. The van der Waals surface area contributed by atoms with Crippen LogP contribution in [0.5, 0.6) is 0 Å². The smallest absolute Gasteiger partial charge is 0.349 e. The molecular weight excluding hydrogens is 563 g/mol. The third-order valence-corrected chi connectivity index (χ3v) is 6.25. The first kappa shape index (κ1) is 29.4. The standard InChI is InChI=1S/C26H24F3N7O4S/c1-15(37)33-17-6-5-7-18(13-17)34-25-31-14-16-12-20(19-8-3-4-9-21(19)26(27,28)29)22(35-23(16)36-25)24(38)30-10-11-32-41(2,39)40/h3-9,12-14,32H,10-11H2,1-2H3,(H,30,38)(H,33,37)(H,31,34,35,36). The summed E-state index contributed by atoms with van der Waals surface area (Å²) in [6.45, 7) is 1.09. The van der Waals surface area contributed by atoms with Gasteiger partial charge in [0.25, 0.3) is 5.91 Å². The van der Waals surface area contributed by atoms with Crippen LogP contribution in [0.2, 0.25) is 0 Å². The van der Waals surface area contributed by atoms with Crippen molar-refractivity contribution < 1.29 is 31.2 Å². The Bertz CT molecular complexity index is 1730. The van der Waals surface area contributed by atoms with E-state index in [0.29, 0.717) is 11.4 Å². The van der Waals surface area contributed by atoms with Gasteiger partial charge in [-0.25, -0.2) is 23.1 Å². The molecule has 4 rings (SSSR count). The Morgan fingerprint density at radius 2 is 1.66 bits per heavy atom. The molecule has 2 aromatic heterocycles. The van der Waals surface area contributed by atoms with Crippen molar-refractivity contribution in [3.8, 4) is 11.1 Å². The molecular formula is C26H24F3N7O4S. The SMILES string of the molecule is CC(=O)Nc1cccc(Nc2ncc3cc(-c4ccccc4C(F)(F)F)c(C(=O)NCCNS(C)(=O)=O)nc3n2)c1. The van der Waals surface area contributed by atoms with Crippen molar-refractivity contribution in [3.63, 3.8) is 0 Å². The van der Waals surface area contributed by atoms with Crippen LogP contribution >= 0.6 is 0 Å². The van der Waals surface area contributed by atoms with E-state index in [2.05, 4.69) is 35.6 Å². The molecule has 214 valence electrons. The van der Waals surface area contributed by atoms with E-state index in [0.717, 1.165) is 12.3 Å². The van der Waals surface area contributed by atoms with Crippen LogP contribution in [0.4, 0.5) is 30.5 Å². The molecule has 4 aromatic rings. The van der Waals surface area contributed by atoms with Crippen molar-refractivity contribution in [2.45, 2.75) is 13.1 Å². The van der Waals surface area contributed by atoms with Crippen molar-refractivity contribution in [1.82, 2.24) is 25.0 Å². The molecule has 0 aliphatic heterocycles. The molecule has 0 saturated heterocycles. The molecule has 15 heteroatoms. The van der Waals surface area contributed by atoms with E-state index in [1.54, 1.807) is 24.3 Å². The van der Waals surface area contributed by atoms with Crippen LogP contribution in [0, 0.1) is 0 Å². The summed E-state index contributed by atoms with van der Waals surface area (Å²) in [7, 11) is -3.51. The van der Waals surface area contributed by atoms with E-state index < -0.39 is 27.7 Å². The number of fused-ring (bicyclic) bond motifs is 1. The van der Waals surface area contributed by atoms with Gasteiger partial charge in [-0.05, 0) is 35.9 Å². The number of aromatic nitrogens is 3. The largest absolute Gasteiger partial charge is 0.417 e.